The topological polar surface area (TPSA) is 0 Å². The first-order chi connectivity index (χ1) is 10.7. The summed E-state index contributed by atoms with van der Waals surface area (Å²) in [5, 5.41) is 7.03. The van der Waals surface area contributed by atoms with E-state index in [1.54, 1.807) is 0 Å². The quantitative estimate of drug-likeness (QED) is 0.376. The minimum atomic E-state index is 1.31. The largest absolute Gasteiger partial charge is 0.144 e. The highest BCUT2D eigenvalue weighted by molar-refractivity contribution is 7.14. The van der Waals surface area contributed by atoms with E-state index in [4.69, 9.17) is 0 Å². The van der Waals surface area contributed by atoms with Crippen molar-refractivity contribution >= 4 is 33.4 Å². The van der Waals surface area contributed by atoms with E-state index in [0.29, 0.717) is 0 Å². The first kappa shape index (κ1) is 13.7. The highest BCUT2D eigenvalue weighted by Gasteiger charge is 2.05. The second-order valence-corrected chi connectivity index (χ2v) is 7.58. The molecular weight excluding hydrogens is 304 g/mol. The molecule has 0 saturated carbocycles. The molecule has 4 rings (SSSR count). The molecular formula is C20H16S2. The summed E-state index contributed by atoms with van der Waals surface area (Å²) in [5.74, 6) is 0. The maximum absolute atomic E-state index is 2.30. The lowest BCUT2D eigenvalue weighted by atomic mass is 10.0. The molecule has 2 aromatic heterocycles. The predicted molar refractivity (Wildman–Crippen MR) is 100 cm³/mol. The summed E-state index contributed by atoms with van der Waals surface area (Å²) in [6.45, 7) is 4.30. The molecule has 0 N–H and O–H groups in total. The number of hydrogen-bond donors (Lipinski definition) is 0. The lowest BCUT2D eigenvalue weighted by Crippen LogP contribution is -1.78. The molecule has 108 valence electrons. The van der Waals surface area contributed by atoms with Gasteiger partial charge in [0.05, 0.1) is 0 Å². The third kappa shape index (κ3) is 2.49. The summed E-state index contributed by atoms with van der Waals surface area (Å²) in [7, 11) is 0. The Bertz CT molecular complexity index is 877. The number of benzene rings is 2. The van der Waals surface area contributed by atoms with Crippen molar-refractivity contribution in [2.24, 2.45) is 0 Å². The highest BCUT2D eigenvalue weighted by atomic mass is 32.1. The van der Waals surface area contributed by atoms with Crippen LogP contribution < -0.4 is 0 Å². The highest BCUT2D eigenvalue weighted by Crippen LogP contribution is 2.33. The Labute approximate surface area is 138 Å². The molecule has 2 heterocycles. The monoisotopic (exact) mass is 320 g/mol. The molecule has 0 fully saturated rings. The van der Waals surface area contributed by atoms with E-state index in [-0.39, 0.29) is 0 Å². The fourth-order valence-electron chi connectivity index (χ4n) is 2.72. The molecule has 0 aliphatic carbocycles. The first-order valence-corrected chi connectivity index (χ1v) is 9.10. The van der Waals surface area contributed by atoms with Gasteiger partial charge in [-0.3, -0.25) is 0 Å². The van der Waals surface area contributed by atoms with E-state index in [2.05, 4.69) is 73.1 Å². The van der Waals surface area contributed by atoms with Crippen LogP contribution in [0.5, 0.6) is 0 Å². The summed E-state index contributed by atoms with van der Waals surface area (Å²) >= 11 is 3.63. The summed E-state index contributed by atoms with van der Waals surface area (Å²) < 4.78 is 0. The minimum absolute atomic E-state index is 1.31. The van der Waals surface area contributed by atoms with Crippen LogP contribution in [-0.2, 0) is 0 Å². The Morgan fingerprint density at radius 2 is 1.05 bits per heavy atom. The second-order valence-electron chi connectivity index (χ2n) is 5.75. The number of thiophene rings is 2. The van der Waals surface area contributed by atoms with Gasteiger partial charge in [0.25, 0.3) is 0 Å². The zero-order valence-electron chi connectivity index (χ0n) is 12.6. The van der Waals surface area contributed by atoms with E-state index in [1.807, 2.05) is 22.7 Å². The molecule has 2 heteroatoms. The van der Waals surface area contributed by atoms with Gasteiger partial charge in [-0.05, 0) is 81.9 Å². The Morgan fingerprint density at radius 1 is 0.591 bits per heavy atom. The molecule has 0 saturated heterocycles. The lowest BCUT2D eigenvalue weighted by molar-refractivity contribution is 1.55. The van der Waals surface area contributed by atoms with E-state index in [1.165, 1.54) is 42.8 Å². The van der Waals surface area contributed by atoms with Crippen molar-refractivity contribution in [3.63, 3.8) is 0 Å². The van der Waals surface area contributed by atoms with Crippen LogP contribution in [0.4, 0.5) is 0 Å². The lowest BCUT2D eigenvalue weighted by Gasteiger charge is -2.04. The van der Waals surface area contributed by atoms with Gasteiger partial charge in [-0.2, -0.15) is 0 Å². The van der Waals surface area contributed by atoms with Gasteiger partial charge in [0.2, 0.25) is 0 Å². The van der Waals surface area contributed by atoms with Crippen LogP contribution in [0.15, 0.2) is 59.3 Å². The van der Waals surface area contributed by atoms with Crippen molar-refractivity contribution in [2.75, 3.05) is 0 Å². The average molecular weight is 320 g/mol. The van der Waals surface area contributed by atoms with Crippen molar-refractivity contribution < 1.29 is 0 Å². The molecule has 0 radical (unpaired) electrons. The van der Waals surface area contributed by atoms with Crippen molar-refractivity contribution in [1.29, 1.82) is 0 Å². The smallest absolute Gasteiger partial charge is 0.0345 e. The zero-order chi connectivity index (χ0) is 15.1. The number of aryl methyl sites for hydroxylation is 2. The van der Waals surface area contributed by atoms with Gasteiger partial charge < -0.3 is 0 Å². The van der Waals surface area contributed by atoms with Gasteiger partial charge in [-0.1, -0.05) is 24.3 Å². The Balaban J connectivity index is 1.79. The maximum atomic E-state index is 2.30. The summed E-state index contributed by atoms with van der Waals surface area (Å²) in [5.41, 5.74) is 5.29. The fourth-order valence-corrected chi connectivity index (χ4v) is 4.51. The van der Waals surface area contributed by atoms with Crippen molar-refractivity contribution in [1.82, 2.24) is 0 Å². The van der Waals surface area contributed by atoms with Crippen LogP contribution in [0.1, 0.15) is 11.1 Å². The summed E-state index contributed by atoms with van der Waals surface area (Å²) in [4.78, 5) is 2.69. The van der Waals surface area contributed by atoms with E-state index >= 15 is 0 Å². The van der Waals surface area contributed by atoms with Crippen LogP contribution in [0.3, 0.4) is 0 Å². The number of rotatable bonds is 2. The van der Waals surface area contributed by atoms with Crippen LogP contribution in [0, 0.1) is 13.8 Å². The molecule has 0 amide bonds. The van der Waals surface area contributed by atoms with Crippen molar-refractivity contribution in [3.8, 4) is 20.9 Å². The van der Waals surface area contributed by atoms with E-state index < -0.39 is 0 Å². The third-order valence-electron chi connectivity index (χ3n) is 3.87. The number of fused-ring (bicyclic) bond motifs is 1. The van der Waals surface area contributed by atoms with Gasteiger partial charge in [-0.15, -0.1) is 22.7 Å². The van der Waals surface area contributed by atoms with Crippen LogP contribution >= 0.6 is 22.7 Å². The second kappa shape index (κ2) is 5.38. The molecule has 0 bridgehead atoms. The molecule has 0 nitrogen and oxygen atoms in total. The van der Waals surface area contributed by atoms with Gasteiger partial charge >= 0.3 is 0 Å². The maximum Gasteiger partial charge on any atom is 0.0345 e. The van der Waals surface area contributed by atoms with Gasteiger partial charge in [0.1, 0.15) is 0 Å². The van der Waals surface area contributed by atoms with E-state index in [0.717, 1.165) is 0 Å². The van der Waals surface area contributed by atoms with Gasteiger partial charge in [-0.25, -0.2) is 0 Å². The molecule has 4 aromatic rings. The fraction of sp³-hybridized carbons (Fsp3) is 0.100. The number of hydrogen-bond acceptors (Lipinski definition) is 2. The molecule has 22 heavy (non-hydrogen) atoms. The SMILES string of the molecule is Cc1csc(-c2ccc3cc(-c4cc(C)cs4)ccc3c2)c1. The summed E-state index contributed by atoms with van der Waals surface area (Å²) in [6, 6.07) is 18.1. The first-order valence-electron chi connectivity index (χ1n) is 7.34. The van der Waals surface area contributed by atoms with Crippen LogP contribution in [0.25, 0.3) is 31.7 Å². The van der Waals surface area contributed by atoms with Gasteiger partial charge in [0, 0.05) is 9.75 Å². The molecule has 0 aliphatic heterocycles. The summed E-state index contributed by atoms with van der Waals surface area (Å²) in [6.07, 6.45) is 0. The average Bonchev–Trinajstić information content (AvgIpc) is 3.15. The standard InChI is InChI=1S/C20H16S2/c1-13-7-19(21-11-13)17-5-3-16-10-18(6-4-15(16)9-17)20-8-14(2)12-22-20/h3-12H,1-2H3. The molecule has 2 aromatic carbocycles. The Morgan fingerprint density at radius 3 is 1.41 bits per heavy atom. The van der Waals surface area contributed by atoms with Crippen molar-refractivity contribution in [3.05, 3.63) is 70.4 Å². The molecule has 0 aliphatic rings. The predicted octanol–water partition coefficient (Wildman–Crippen LogP) is 6.91. The van der Waals surface area contributed by atoms with Gasteiger partial charge in [0.15, 0.2) is 0 Å². The van der Waals surface area contributed by atoms with Crippen LogP contribution in [-0.4, -0.2) is 0 Å². The zero-order valence-corrected chi connectivity index (χ0v) is 14.2. The molecule has 0 unspecified atom stereocenters. The normalized spacial score (nSPS) is 11.2. The van der Waals surface area contributed by atoms with Crippen LogP contribution in [0.2, 0.25) is 0 Å². The Hall–Kier alpha value is -1.90. The van der Waals surface area contributed by atoms with Crippen molar-refractivity contribution in [2.45, 2.75) is 13.8 Å². The minimum Gasteiger partial charge on any atom is -0.144 e. The Kier molecular flexibility index (Phi) is 3.36. The molecule has 0 atom stereocenters. The van der Waals surface area contributed by atoms with E-state index in [9.17, 15) is 0 Å². The molecule has 0 spiro atoms. The third-order valence-corrected chi connectivity index (χ3v) is 6.06.